The molecule has 134 valence electrons. The van der Waals surface area contributed by atoms with Gasteiger partial charge < -0.3 is 14.2 Å². The van der Waals surface area contributed by atoms with Crippen molar-refractivity contribution in [2.24, 2.45) is 0 Å². The van der Waals surface area contributed by atoms with Gasteiger partial charge in [-0.05, 0) is 37.6 Å². The summed E-state index contributed by atoms with van der Waals surface area (Å²) >= 11 is 0. The van der Waals surface area contributed by atoms with Crippen molar-refractivity contribution in [2.75, 3.05) is 20.8 Å². The lowest BCUT2D eigenvalue weighted by Gasteiger charge is -2.17. The molecule has 0 amide bonds. The number of aromatic nitrogens is 2. The summed E-state index contributed by atoms with van der Waals surface area (Å²) in [7, 11) is 3.11. The van der Waals surface area contributed by atoms with Gasteiger partial charge in [-0.15, -0.1) is 0 Å². The van der Waals surface area contributed by atoms with E-state index in [1.807, 2.05) is 0 Å². The van der Waals surface area contributed by atoms with Gasteiger partial charge in [-0.3, -0.25) is 4.79 Å². The zero-order valence-electron chi connectivity index (χ0n) is 14.8. The number of ether oxygens (including phenoxy) is 3. The fraction of sp³-hybridized carbons (Fsp3) is 0.389. The number of hydrogen-bond acceptors (Lipinski definition) is 6. The van der Waals surface area contributed by atoms with E-state index in [0.717, 1.165) is 4.68 Å². The number of hydrogen-bond donors (Lipinski definition) is 0. The number of esters is 1. The molecular weight excluding hydrogens is 324 g/mol. The third-order valence-corrected chi connectivity index (χ3v) is 3.75. The number of carbonyl (C=O) groups is 1. The molecule has 0 radical (unpaired) electrons. The van der Waals surface area contributed by atoms with Gasteiger partial charge in [-0.1, -0.05) is 6.92 Å². The first kappa shape index (κ1) is 18.5. The summed E-state index contributed by atoms with van der Waals surface area (Å²) in [6, 6.07) is 7.49. The summed E-state index contributed by atoms with van der Waals surface area (Å²) in [5.74, 6) is 0.741. The predicted octanol–water partition coefficient (Wildman–Crippen LogP) is 2.44. The Balaban J connectivity index is 2.55. The summed E-state index contributed by atoms with van der Waals surface area (Å²) in [6.45, 7) is 3.76. The molecule has 0 N–H and O–H groups in total. The molecule has 7 nitrogen and oxygen atoms in total. The van der Waals surface area contributed by atoms with E-state index in [9.17, 15) is 9.59 Å². The first-order chi connectivity index (χ1) is 12.0. The van der Waals surface area contributed by atoms with Crippen LogP contribution in [0, 0.1) is 0 Å². The number of carbonyl (C=O) groups excluding carboxylic acids is 1. The van der Waals surface area contributed by atoms with Crippen LogP contribution in [0.2, 0.25) is 0 Å². The van der Waals surface area contributed by atoms with E-state index in [1.165, 1.54) is 6.07 Å². The van der Waals surface area contributed by atoms with Gasteiger partial charge in [-0.25, -0.2) is 9.48 Å². The second-order valence-corrected chi connectivity index (χ2v) is 5.24. The molecule has 7 heteroatoms. The predicted molar refractivity (Wildman–Crippen MR) is 93.0 cm³/mol. The minimum atomic E-state index is -0.774. The Morgan fingerprint density at radius 3 is 2.52 bits per heavy atom. The van der Waals surface area contributed by atoms with Gasteiger partial charge in [0, 0.05) is 11.6 Å². The topological polar surface area (TPSA) is 79.7 Å². The Morgan fingerprint density at radius 1 is 1.16 bits per heavy atom. The number of benzene rings is 1. The van der Waals surface area contributed by atoms with Gasteiger partial charge in [0.25, 0.3) is 5.56 Å². The maximum atomic E-state index is 12.2. The summed E-state index contributed by atoms with van der Waals surface area (Å²) in [4.78, 5) is 24.4. The fourth-order valence-electron chi connectivity index (χ4n) is 2.48. The molecule has 0 spiro atoms. The average Bonchev–Trinajstić information content (AvgIpc) is 2.63. The first-order valence-corrected chi connectivity index (χ1v) is 8.04. The van der Waals surface area contributed by atoms with Crippen LogP contribution in [-0.4, -0.2) is 36.6 Å². The zero-order chi connectivity index (χ0) is 18.4. The van der Waals surface area contributed by atoms with Crippen molar-refractivity contribution >= 4 is 5.97 Å². The van der Waals surface area contributed by atoms with Crippen LogP contribution >= 0.6 is 0 Å². The van der Waals surface area contributed by atoms with Gasteiger partial charge in [0.05, 0.1) is 26.5 Å². The largest absolute Gasteiger partial charge is 0.497 e. The Morgan fingerprint density at radius 2 is 1.92 bits per heavy atom. The number of nitrogens with zero attached hydrogens (tertiary/aromatic N) is 2. The second kappa shape index (κ2) is 8.32. The highest BCUT2D eigenvalue weighted by atomic mass is 16.5. The second-order valence-electron chi connectivity index (χ2n) is 5.24. The van der Waals surface area contributed by atoms with Gasteiger partial charge in [-0.2, -0.15) is 5.10 Å². The summed E-state index contributed by atoms with van der Waals surface area (Å²) in [6.07, 6.45) is 0.393. The molecule has 0 aliphatic carbocycles. The van der Waals surface area contributed by atoms with Crippen molar-refractivity contribution in [2.45, 2.75) is 26.3 Å². The summed E-state index contributed by atoms with van der Waals surface area (Å²) in [5, 5.41) is 4.37. The van der Waals surface area contributed by atoms with Crippen molar-refractivity contribution in [1.29, 1.82) is 0 Å². The van der Waals surface area contributed by atoms with Crippen LogP contribution in [-0.2, 0) is 9.53 Å². The maximum Gasteiger partial charge on any atom is 0.331 e. The van der Waals surface area contributed by atoms with Gasteiger partial charge in [0.15, 0.2) is 6.04 Å². The van der Waals surface area contributed by atoms with Gasteiger partial charge >= 0.3 is 5.97 Å². The third-order valence-electron chi connectivity index (χ3n) is 3.75. The fourth-order valence-corrected chi connectivity index (χ4v) is 2.48. The quantitative estimate of drug-likeness (QED) is 0.717. The van der Waals surface area contributed by atoms with Crippen molar-refractivity contribution in [1.82, 2.24) is 9.78 Å². The molecule has 25 heavy (non-hydrogen) atoms. The highest BCUT2D eigenvalue weighted by molar-refractivity contribution is 5.74. The van der Waals surface area contributed by atoms with Gasteiger partial charge in [0.1, 0.15) is 11.5 Å². The maximum absolute atomic E-state index is 12.2. The minimum absolute atomic E-state index is 0.244. The van der Waals surface area contributed by atoms with E-state index in [-0.39, 0.29) is 12.2 Å². The number of rotatable bonds is 7. The van der Waals surface area contributed by atoms with E-state index >= 15 is 0 Å². The van der Waals surface area contributed by atoms with E-state index in [2.05, 4.69) is 5.10 Å². The molecule has 0 bridgehead atoms. The Labute approximate surface area is 146 Å². The molecule has 0 aliphatic rings. The Kier molecular flexibility index (Phi) is 6.16. The van der Waals surface area contributed by atoms with Crippen LogP contribution in [0.1, 0.15) is 26.3 Å². The lowest BCUT2D eigenvalue weighted by Crippen LogP contribution is -2.32. The van der Waals surface area contributed by atoms with Crippen molar-refractivity contribution in [3.05, 3.63) is 40.7 Å². The highest BCUT2D eigenvalue weighted by Gasteiger charge is 2.23. The molecule has 0 saturated heterocycles. The summed E-state index contributed by atoms with van der Waals surface area (Å²) < 4.78 is 16.8. The SMILES string of the molecule is CCOC(=O)C(CC)n1nc(-c2cc(OC)ccc2OC)ccc1=O. The third kappa shape index (κ3) is 3.99. The molecular formula is C18H22N2O5. The molecule has 2 aromatic rings. The molecule has 1 aromatic heterocycles. The molecule has 1 atom stereocenters. The minimum Gasteiger partial charge on any atom is -0.497 e. The van der Waals surface area contributed by atoms with Crippen LogP contribution in [0.25, 0.3) is 11.3 Å². The first-order valence-electron chi connectivity index (χ1n) is 8.04. The normalized spacial score (nSPS) is 11.7. The van der Waals surface area contributed by atoms with Crippen molar-refractivity contribution in [3.63, 3.8) is 0 Å². The van der Waals surface area contributed by atoms with E-state index < -0.39 is 12.0 Å². The molecule has 1 aromatic carbocycles. The van der Waals surface area contributed by atoms with Gasteiger partial charge in [0.2, 0.25) is 0 Å². The highest BCUT2D eigenvalue weighted by Crippen LogP contribution is 2.32. The van der Waals surface area contributed by atoms with E-state index in [0.29, 0.717) is 29.2 Å². The lowest BCUT2D eigenvalue weighted by atomic mass is 10.1. The molecule has 1 heterocycles. The Hall–Kier alpha value is -2.83. The lowest BCUT2D eigenvalue weighted by molar-refractivity contribution is -0.147. The average molecular weight is 346 g/mol. The summed E-state index contributed by atoms with van der Waals surface area (Å²) in [5.41, 5.74) is 0.790. The van der Waals surface area contributed by atoms with Crippen LogP contribution in [0.15, 0.2) is 35.1 Å². The molecule has 1 unspecified atom stereocenters. The monoisotopic (exact) mass is 346 g/mol. The Bertz CT molecular complexity index is 800. The molecule has 0 fully saturated rings. The number of methoxy groups -OCH3 is 2. The van der Waals surface area contributed by atoms with Crippen molar-refractivity contribution in [3.8, 4) is 22.8 Å². The van der Waals surface area contributed by atoms with E-state index in [4.69, 9.17) is 14.2 Å². The smallest absolute Gasteiger partial charge is 0.331 e. The molecule has 2 rings (SSSR count). The molecule has 0 aliphatic heterocycles. The molecule has 0 saturated carbocycles. The van der Waals surface area contributed by atoms with Crippen LogP contribution in [0.5, 0.6) is 11.5 Å². The zero-order valence-corrected chi connectivity index (χ0v) is 14.8. The van der Waals surface area contributed by atoms with Crippen molar-refractivity contribution < 1.29 is 19.0 Å². The standard InChI is InChI=1S/C18H22N2O5/c1-5-15(18(22)25-6-2)20-17(21)10-8-14(19-20)13-11-12(23-3)7-9-16(13)24-4/h7-11,15H,5-6H2,1-4H3. The van der Waals surface area contributed by atoms with E-state index in [1.54, 1.807) is 52.3 Å². The van der Waals surface area contributed by atoms with Crippen LogP contribution < -0.4 is 15.0 Å². The van der Waals surface area contributed by atoms with Crippen LogP contribution in [0.4, 0.5) is 0 Å². The van der Waals surface area contributed by atoms with Crippen LogP contribution in [0.3, 0.4) is 0 Å².